The van der Waals surface area contributed by atoms with Gasteiger partial charge in [0.2, 0.25) is 27.7 Å². The monoisotopic (exact) mass is 766 g/mol. The van der Waals surface area contributed by atoms with E-state index in [2.05, 4.69) is 22.7 Å². The van der Waals surface area contributed by atoms with Crippen LogP contribution in [0.4, 0.5) is 0 Å². The first kappa shape index (κ1) is 38.4. The van der Waals surface area contributed by atoms with Crippen molar-refractivity contribution in [2.45, 2.75) is 94.9 Å². The molecule has 1 saturated heterocycles. The predicted molar refractivity (Wildman–Crippen MR) is 211 cm³/mol. The molecule has 3 aromatic rings. The van der Waals surface area contributed by atoms with Gasteiger partial charge in [-0.1, -0.05) is 74.4 Å². The standard InChI is InChI=1S/C43H50N4O7S/c1-3-5-13-30-22-40(49)44-20-11-7-8-12-28-16-19-35-34(21-28)39(24-36(45-35)29-14-9-6-10-15-29)54-32-23-37(47(27-32)41(30)50)38(48)26-43(25-31(43)4-2)42(51)46-55(52,53)33-17-18-33/h4,6,8-10,12,14-16,19,21,24,30-33,37H,2-3,5,7,11,13,17-18,20,22-23,25-27H2,1H3,(H,44,49)(H,46,51)/b12-8+/t30-,31-,32-,37+,43-/m1/s1. The van der Waals surface area contributed by atoms with Crippen molar-refractivity contribution >= 4 is 50.5 Å². The van der Waals surface area contributed by atoms with Gasteiger partial charge in [0.05, 0.1) is 34.5 Å². The number of ether oxygens (including phenoxy) is 1. The number of sulfonamides is 1. The Morgan fingerprint density at radius 3 is 2.65 bits per heavy atom. The van der Waals surface area contributed by atoms with Crippen LogP contribution >= 0.6 is 0 Å². The Bertz CT molecular complexity index is 2120. The maximum absolute atomic E-state index is 14.6. The van der Waals surface area contributed by atoms with Crippen LogP contribution in [0, 0.1) is 17.3 Å². The number of aromatic nitrogens is 1. The molecule has 2 N–H and O–H groups in total. The molecule has 2 aliphatic heterocycles. The fourth-order valence-corrected chi connectivity index (χ4v) is 9.44. The van der Waals surface area contributed by atoms with Crippen molar-refractivity contribution in [3.63, 3.8) is 0 Å². The molecule has 1 aromatic heterocycles. The molecule has 3 amide bonds. The van der Waals surface area contributed by atoms with Crippen molar-refractivity contribution in [1.29, 1.82) is 0 Å². The van der Waals surface area contributed by atoms with Crippen molar-refractivity contribution in [3.05, 3.63) is 78.9 Å². The van der Waals surface area contributed by atoms with Crippen molar-refractivity contribution < 1.29 is 32.3 Å². The topological polar surface area (TPSA) is 152 Å². The normalized spacial score (nSPS) is 26.4. The lowest BCUT2D eigenvalue weighted by Crippen LogP contribution is -2.47. The summed E-state index contributed by atoms with van der Waals surface area (Å²) in [6.45, 7) is 6.45. The maximum Gasteiger partial charge on any atom is 0.240 e. The number of carbonyl (C=O) groups excluding carboxylic acids is 4. The number of allylic oxidation sites excluding steroid dienone is 2. The molecule has 7 rings (SSSR count). The van der Waals surface area contributed by atoms with Crippen molar-refractivity contribution in [1.82, 2.24) is 19.9 Å². The summed E-state index contributed by atoms with van der Waals surface area (Å²) in [7, 11) is -3.84. The average molecular weight is 767 g/mol. The molecule has 4 bridgehead atoms. The minimum atomic E-state index is -3.84. The first-order valence-electron chi connectivity index (χ1n) is 19.6. The Hall–Kier alpha value is -4.84. The van der Waals surface area contributed by atoms with Gasteiger partial charge >= 0.3 is 0 Å². The largest absolute Gasteiger partial charge is 0.488 e. The van der Waals surface area contributed by atoms with Gasteiger partial charge < -0.3 is 15.0 Å². The minimum Gasteiger partial charge on any atom is -0.488 e. The van der Waals surface area contributed by atoms with Gasteiger partial charge in [-0.2, -0.15) is 0 Å². The summed E-state index contributed by atoms with van der Waals surface area (Å²) in [6.07, 6.45) is 9.84. The van der Waals surface area contributed by atoms with Crippen LogP contribution in [0.25, 0.3) is 28.2 Å². The van der Waals surface area contributed by atoms with E-state index in [-0.39, 0.29) is 55.7 Å². The van der Waals surface area contributed by atoms with E-state index in [4.69, 9.17) is 9.72 Å². The molecule has 3 fully saturated rings. The molecule has 2 aromatic carbocycles. The molecular formula is C43H50N4O7S. The fourth-order valence-electron chi connectivity index (χ4n) is 8.05. The number of carbonyl (C=O) groups is 4. The zero-order valence-corrected chi connectivity index (χ0v) is 32.2. The summed E-state index contributed by atoms with van der Waals surface area (Å²) in [5.74, 6) is -2.01. The number of nitrogens with one attached hydrogen (secondary N) is 2. The summed E-state index contributed by atoms with van der Waals surface area (Å²) in [4.78, 5) is 62.4. The molecule has 5 atom stereocenters. The number of benzene rings is 2. The van der Waals surface area contributed by atoms with Gasteiger partial charge in [0.15, 0.2) is 5.78 Å². The van der Waals surface area contributed by atoms with E-state index in [9.17, 15) is 27.6 Å². The van der Waals surface area contributed by atoms with Crippen LogP contribution < -0.4 is 14.8 Å². The van der Waals surface area contributed by atoms with Crippen LogP contribution in [0.15, 0.2) is 73.3 Å². The zero-order valence-electron chi connectivity index (χ0n) is 31.4. The van der Waals surface area contributed by atoms with Gasteiger partial charge in [-0.25, -0.2) is 13.4 Å². The van der Waals surface area contributed by atoms with Gasteiger partial charge in [0.25, 0.3) is 0 Å². The highest BCUT2D eigenvalue weighted by atomic mass is 32.2. The highest BCUT2D eigenvalue weighted by Gasteiger charge is 2.61. The number of Topliss-reactive ketones (excluding diaryl/α,β-unsaturated/α-hetero) is 1. The fraction of sp³-hybridized carbons (Fsp3) is 0.465. The summed E-state index contributed by atoms with van der Waals surface area (Å²) >= 11 is 0. The van der Waals surface area contributed by atoms with Crippen LogP contribution in [0.2, 0.25) is 0 Å². The Balaban J connectivity index is 1.25. The zero-order chi connectivity index (χ0) is 38.7. The first-order valence-corrected chi connectivity index (χ1v) is 21.2. The third-order valence-corrected chi connectivity index (χ3v) is 13.3. The number of amides is 3. The lowest BCUT2D eigenvalue weighted by molar-refractivity contribution is -0.143. The molecule has 4 aliphatic rings. The van der Waals surface area contributed by atoms with Gasteiger partial charge in [0, 0.05) is 48.7 Å². The van der Waals surface area contributed by atoms with Crippen molar-refractivity contribution in [2.75, 3.05) is 13.1 Å². The van der Waals surface area contributed by atoms with Crippen LogP contribution in [-0.2, 0) is 29.2 Å². The van der Waals surface area contributed by atoms with Gasteiger partial charge in [-0.3, -0.25) is 23.9 Å². The third kappa shape index (κ3) is 8.54. The van der Waals surface area contributed by atoms with Crippen molar-refractivity contribution in [3.8, 4) is 17.0 Å². The quantitative estimate of drug-likeness (QED) is 0.221. The van der Waals surface area contributed by atoms with E-state index in [0.717, 1.165) is 53.4 Å². The van der Waals surface area contributed by atoms with Crippen LogP contribution in [-0.4, -0.2) is 72.3 Å². The van der Waals surface area contributed by atoms with Crippen LogP contribution in [0.5, 0.6) is 5.75 Å². The number of pyridine rings is 1. The summed E-state index contributed by atoms with van der Waals surface area (Å²) in [5, 5.41) is 3.17. The maximum atomic E-state index is 14.6. The molecule has 55 heavy (non-hydrogen) atoms. The second-order valence-corrected chi connectivity index (χ2v) is 17.5. The molecule has 2 saturated carbocycles. The molecule has 11 nitrogen and oxygen atoms in total. The van der Waals surface area contributed by atoms with Gasteiger partial charge in [-0.15, -0.1) is 6.58 Å². The number of nitrogens with zero attached hydrogens (tertiary/aromatic N) is 2. The molecule has 3 heterocycles. The number of unbranched alkanes of at least 4 members (excludes halogenated alkanes) is 1. The van der Waals surface area contributed by atoms with Crippen LogP contribution in [0.3, 0.4) is 0 Å². The molecular weight excluding hydrogens is 717 g/mol. The highest BCUT2D eigenvalue weighted by Crippen LogP contribution is 2.57. The van der Waals surface area contributed by atoms with Gasteiger partial charge in [0.1, 0.15) is 11.9 Å². The molecule has 2 aliphatic carbocycles. The minimum absolute atomic E-state index is 0.00249. The summed E-state index contributed by atoms with van der Waals surface area (Å²) in [6, 6.07) is 16.7. The van der Waals surface area contributed by atoms with E-state index in [1.807, 2.05) is 67.6 Å². The molecule has 0 spiro atoms. The smallest absolute Gasteiger partial charge is 0.240 e. The Labute approximate surface area is 323 Å². The third-order valence-electron chi connectivity index (χ3n) is 11.5. The highest BCUT2D eigenvalue weighted by molar-refractivity contribution is 7.90. The average Bonchev–Trinajstić information content (AvgIpc) is 4.11. The number of rotatable bonds is 11. The summed E-state index contributed by atoms with van der Waals surface area (Å²) < 4.78 is 34.6. The van der Waals surface area contributed by atoms with E-state index in [0.29, 0.717) is 31.6 Å². The lowest BCUT2D eigenvalue weighted by atomic mass is 9.90. The second kappa shape index (κ2) is 16.1. The Morgan fingerprint density at radius 1 is 1.13 bits per heavy atom. The Morgan fingerprint density at radius 2 is 1.93 bits per heavy atom. The SMILES string of the molecule is C=C[C@@H]1C[C@]1(CC(=O)[C@@H]1C[C@@H]2CN1C(=O)[C@H](CCCC)CC(=O)NCCC/C=C/c1ccc3nc(-c4ccccc4)cc(c3c1)O2)C(=O)NS(=O)(=O)C1CC1. The predicted octanol–water partition coefficient (Wildman–Crippen LogP) is 6.13. The molecule has 12 heteroatoms. The first-order chi connectivity index (χ1) is 26.5. The van der Waals surface area contributed by atoms with Crippen molar-refractivity contribution in [2.24, 2.45) is 17.3 Å². The Kier molecular flexibility index (Phi) is 11.2. The van der Waals surface area contributed by atoms with E-state index >= 15 is 0 Å². The van der Waals surface area contributed by atoms with E-state index in [1.54, 1.807) is 11.0 Å². The number of hydrogen-bond donors (Lipinski definition) is 2. The van der Waals surface area contributed by atoms with Crippen LogP contribution in [0.1, 0.15) is 83.1 Å². The molecule has 0 radical (unpaired) electrons. The van der Waals surface area contributed by atoms with E-state index < -0.39 is 44.7 Å². The number of ketones is 1. The molecule has 290 valence electrons. The van der Waals surface area contributed by atoms with Gasteiger partial charge in [-0.05, 0) is 62.1 Å². The second-order valence-electron chi connectivity index (χ2n) is 15.6. The number of fused-ring (bicyclic) bond motifs is 3. The van der Waals surface area contributed by atoms with E-state index in [1.165, 1.54) is 0 Å². The lowest BCUT2D eigenvalue weighted by Gasteiger charge is -2.29. The molecule has 0 unspecified atom stereocenters. The number of hydrogen-bond acceptors (Lipinski definition) is 8. The summed E-state index contributed by atoms with van der Waals surface area (Å²) in [5.41, 5.74) is 2.06.